The number of nitrogens with zero attached hydrogens (tertiary/aromatic N) is 1. The molecule has 6 nitrogen and oxygen atoms in total. The van der Waals surface area contributed by atoms with Gasteiger partial charge < -0.3 is 20.3 Å². The molecule has 0 aliphatic rings. The number of aliphatic hydroxyl groups is 1. The number of nitrogens with one attached hydrogen (secondary N) is 2. The zero-order valence-corrected chi connectivity index (χ0v) is 8.62. The summed E-state index contributed by atoms with van der Waals surface area (Å²) >= 11 is 0. The average molecular weight is 213 g/mol. The molecule has 84 valence electrons. The van der Waals surface area contributed by atoms with E-state index < -0.39 is 0 Å². The molecule has 1 heterocycles. The maximum atomic E-state index is 11.4. The summed E-state index contributed by atoms with van der Waals surface area (Å²) in [5.41, 5.74) is 0.190. The predicted octanol–water partition coefficient (Wildman–Crippen LogP) is -0.494. The van der Waals surface area contributed by atoms with E-state index in [1.807, 2.05) is 6.92 Å². The fourth-order valence-corrected chi connectivity index (χ4v) is 1.03. The van der Waals surface area contributed by atoms with Gasteiger partial charge in [0.05, 0.1) is 0 Å². The Hall–Kier alpha value is -1.40. The Morgan fingerprint density at radius 3 is 3.00 bits per heavy atom. The second kappa shape index (κ2) is 6.15. The van der Waals surface area contributed by atoms with Crippen molar-refractivity contribution < 1.29 is 14.4 Å². The van der Waals surface area contributed by atoms with Crippen molar-refractivity contribution >= 4 is 5.91 Å². The molecule has 6 heteroatoms. The van der Waals surface area contributed by atoms with Crippen molar-refractivity contribution in [3.8, 4) is 0 Å². The van der Waals surface area contributed by atoms with Gasteiger partial charge in [0.1, 0.15) is 6.61 Å². The molecule has 1 aromatic heterocycles. The van der Waals surface area contributed by atoms with Crippen LogP contribution < -0.4 is 10.6 Å². The first-order valence-corrected chi connectivity index (χ1v) is 4.83. The zero-order valence-electron chi connectivity index (χ0n) is 8.62. The van der Waals surface area contributed by atoms with Gasteiger partial charge in [0, 0.05) is 19.2 Å². The Morgan fingerprint density at radius 2 is 2.40 bits per heavy atom. The molecule has 0 spiro atoms. The van der Waals surface area contributed by atoms with Crippen molar-refractivity contribution in [1.29, 1.82) is 0 Å². The molecule has 0 fully saturated rings. The smallest absolute Gasteiger partial charge is 0.273 e. The normalized spacial score (nSPS) is 10.3. The first-order valence-electron chi connectivity index (χ1n) is 4.83. The number of hydrogen-bond donors (Lipinski definition) is 3. The van der Waals surface area contributed by atoms with E-state index in [2.05, 4.69) is 20.3 Å². The molecule has 0 aromatic carbocycles. The van der Waals surface area contributed by atoms with E-state index in [9.17, 15) is 4.79 Å². The van der Waals surface area contributed by atoms with Crippen molar-refractivity contribution in [2.75, 3.05) is 19.6 Å². The van der Waals surface area contributed by atoms with Gasteiger partial charge in [-0.2, -0.15) is 0 Å². The van der Waals surface area contributed by atoms with Crippen LogP contribution in [0.1, 0.15) is 23.2 Å². The number of carbonyl (C=O) groups excluding carboxylic acids is 1. The third-order valence-electron chi connectivity index (χ3n) is 1.78. The first-order chi connectivity index (χ1) is 7.27. The van der Waals surface area contributed by atoms with Gasteiger partial charge in [-0.25, -0.2) is 0 Å². The molecule has 1 rings (SSSR count). The summed E-state index contributed by atoms with van der Waals surface area (Å²) in [5, 5.41) is 18.0. The number of amides is 1. The first kappa shape index (κ1) is 11.7. The number of hydrogen-bond acceptors (Lipinski definition) is 5. The number of aliphatic hydroxyl groups excluding tert-OH is 1. The maximum absolute atomic E-state index is 11.4. The lowest BCUT2D eigenvalue weighted by molar-refractivity contribution is 0.0944. The molecule has 0 aliphatic carbocycles. The molecule has 15 heavy (non-hydrogen) atoms. The van der Waals surface area contributed by atoms with Crippen molar-refractivity contribution in [2.24, 2.45) is 0 Å². The topological polar surface area (TPSA) is 87.4 Å². The molecule has 0 bridgehead atoms. The highest BCUT2D eigenvalue weighted by atomic mass is 16.5. The molecule has 1 amide bonds. The van der Waals surface area contributed by atoms with Crippen LogP contribution in [0.5, 0.6) is 0 Å². The van der Waals surface area contributed by atoms with Gasteiger partial charge in [0.2, 0.25) is 0 Å². The summed E-state index contributed by atoms with van der Waals surface area (Å²) < 4.78 is 4.69. The van der Waals surface area contributed by atoms with Gasteiger partial charge in [-0.05, 0) is 6.54 Å². The highest BCUT2D eigenvalue weighted by Gasteiger charge is 2.10. The summed E-state index contributed by atoms with van der Waals surface area (Å²) in [6, 6.07) is 1.42. The number of rotatable bonds is 6. The maximum Gasteiger partial charge on any atom is 0.273 e. The van der Waals surface area contributed by atoms with Crippen LogP contribution in [0, 0.1) is 0 Å². The molecular formula is C9H15N3O3. The van der Waals surface area contributed by atoms with E-state index in [4.69, 9.17) is 5.11 Å². The fraction of sp³-hybridized carbons (Fsp3) is 0.556. The lowest BCUT2D eigenvalue weighted by Crippen LogP contribution is -2.31. The van der Waals surface area contributed by atoms with Crippen LogP contribution in [-0.4, -0.2) is 35.8 Å². The largest absolute Gasteiger partial charge is 0.388 e. The van der Waals surface area contributed by atoms with Crippen LogP contribution in [0.3, 0.4) is 0 Å². The average Bonchev–Trinajstić information content (AvgIpc) is 2.72. The Morgan fingerprint density at radius 1 is 1.60 bits per heavy atom. The van der Waals surface area contributed by atoms with Gasteiger partial charge in [0.25, 0.3) is 5.91 Å². The number of likely N-dealkylation sites (N-methyl/N-ethyl adjacent to an activating group) is 1. The van der Waals surface area contributed by atoms with Crippen molar-refractivity contribution in [3.63, 3.8) is 0 Å². The lowest BCUT2D eigenvalue weighted by atomic mass is 10.3. The zero-order chi connectivity index (χ0) is 11.1. The van der Waals surface area contributed by atoms with Gasteiger partial charge in [-0.3, -0.25) is 4.79 Å². The van der Waals surface area contributed by atoms with E-state index in [1.54, 1.807) is 0 Å². The van der Waals surface area contributed by atoms with Crippen molar-refractivity contribution in [3.05, 3.63) is 17.5 Å². The van der Waals surface area contributed by atoms with E-state index in [-0.39, 0.29) is 24.0 Å². The molecular weight excluding hydrogens is 198 g/mol. The Kier molecular flexibility index (Phi) is 4.79. The minimum Gasteiger partial charge on any atom is -0.388 e. The van der Waals surface area contributed by atoms with Gasteiger partial charge in [-0.15, -0.1) is 0 Å². The molecule has 0 atom stereocenters. The van der Waals surface area contributed by atoms with E-state index >= 15 is 0 Å². The Balaban J connectivity index is 2.33. The molecule has 1 aromatic rings. The SMILES string of the molecule is CCNCCNC(=O)c1cc(CO)on1. The standard InChI is InChI=1S/C9H15N3O3/c1-2-10-3-4-11-9(14)8-5-7(6-13)15-12-8/h5,10,13H,2-4,6H2,1H3,(H,11,14). The van der Waals surface area contributed by atoms with Crippen LogP contribution in [0.15, 0.2) is 10.6 Å². The number of aromatic nitrogens is 1. The minimum atomic E-state index is -0.295. The Bertz CT molecular complexity index is 311. The summed E-state index contributed by atoms with van der Waals surface area (Å²) in [5.74, 6) is -0.0109. The summed E-state index contributed by atoms with van der Waals surface area (Å²) in [6.45, 7) is 3.86. The second-order valence-corrected chi connectivity index (χ2v) is 2.95. The van der Waals surface area contributed by atoms with Crippen LogP contribution in [0.4, 0.5) is 0 Å². The van der Waals surface area contributed by atoms with Gasteiger partial charge in [0.15, 0.2) is 11.5 Å². The Labute approximate surface area is 87.6 Å². The number of carbonyl (C=O) groups is 1. The van der Waals surface area contributed by atoms with E-state index in [0.29, 0.717) is 13.1 Å². The molecule has 3 N–H and O–H groups in total. The third kappa shape index (κ3) is 3.69. The quantitative estimate of drug-likeness (QED) is 0.555. The molecule has 0 saturated carbocycles. The molecule has 0 radical (unpaired) electrons. The lowest BCUT2D eigenvalue weighted by Gasteiger charge is -2.02. The summed E-state index contributed by atoms with van der Waals surface area (Å²) in [7, 11) is 0. The molecule has 0 saturated heterocycles. The molecule has 0 unspecified atom stereocenters. The molecule has 0 aliphatic heterocycles. The summed E-state index contributed by atoms with van der Waals surface area (Å²) in [4.78, 5) is 11.4. The minimum absolute atomic E-state index is 0.190. The van der Waals surface area contributed by atoms with Crippen LogP contribution in [0.2, 0.25) is 0 Å². The van der Waals surface area contributed by atoms with Crippen LogP contribution in [-0.2, 0) is 6.61 Å². The van der Waals surface area contributed by atoms with E-state index in [1.165, 1.54) is 6.07 Å². The van der Waals surface area contributed by atoms with Crippen LogP contribution >= 0.6 is 0 Å². The highest BCUT2D eigenvalue weighted by molar-refractivity contribution is 5.92. The monoisotopic (exact) mass is 213 g/mol. The van der Waals surface area contributed by atoms with Crippen molar-refractivity contribution in [1.82, 2.24) is 15.8 Å². The fourth-order valence-electron chi connectivity index (χ4n) is 1.03. The summed E-state index contributed by atoms with van der Waals surface area (Å²) in [6.07, 6.45) is 0. The van der Waals surface area contributed by atoms with E-state index in [0.717, 1.165) is 6.54 Å². The van der Waals surface area contributed by atoms with Crippen LogP contribution in [0.25, 0.3) is 0 Å². The third-order valence-corrected chi connectivity index (χ3v) is 1.78. The van der Waals surface area contributed by atoms with Gasteiger partial charge in [-0.1, -0.05) is 12.1 Å². The predicted molar refractivity (Wildman–Crippen MR) is 53.3 cm³/mol. The second-order valence-electron chi connectivity index (χ2n) is 2.95. The van der Waals surface area contributed by atoms with Crippen molar-refractivity contribution in [2.45, 2.75) is 13.5 Å². The van der Waals surface area contributed by atoms with Gasteiger partial charge >= 0.3 is 0 Å². The highest BCUT2D eigenvalue weighted by Crippen LogP contribution is 2.02.